The number of amidine groups is 1. The molecule has 5 heteroatoms. The predicted octanol–water partition coefficient (Wildman–Crippen LogP) is 4.86. The molecule has 5 nitrogen and oxygen atoms in total. The molecule has 0 amide bonds. The van der Waals surface area contributed by atoms with E-state index in [1.807, 2.05) is 89.7 Å². The minimum Gasteiger partial charge on any atom is -0.344 e. The molecule has 1 unspecified atom stereocenters. The fourth-order valence-corrected chi connectivity index (χ4v) is 3.34. The predicted molar refractivity (Wildman–Crippen MR) is 113 cm³/mol. The summed E-state index contributed by atoms with van der Waals surface area (Å²) in [6, 6.07) is 30.4. The first-order valence-electron chi connectivity index (χ1n) is 9.24. The summed E-state index contributed by atoms with van der Waals surface area (Å²) in [5, 5.41) is 11.6. The number of hydrogen-bond acceptors (Lipinski definition) is 4. The van der Waals surface area contributed by atoms with Gasteiger partial charge in [0.2, 0.25) is 0 Å². The third-order valence-electron chi connectivity index (χ3n) is 4.71. The van der Waals surface area contributed by atoms with Crippen LogP contribution in [0.1, 0.15) is 17.3 Å². The van der Waals surface area contributed by atoms with Gasteiger partial charge in [0, 0.05) is 5.69 Å². The number of nitrogens with one attached hydrogen (secondary N) is 2. The van der Waals surface area contributed by atoms with Gasteiger partial charge in [-0.25, -0.2) is 9.67 Å². The number of aromatic nitrogens is 2. The van der Waals surface area contributed by atoms with E-state index in [-0.39, 0.29) is 6.17 Å². The van der Waals surface area contributed by atoms with Crippen molar-refractivity contribution < 1.29 is 0 Å². The molecule has 5 rings (SSSR count). The SMILES string of the molecule is c1ccc(NC2=NC(c3ccccc3)Nc3c2cnn3-c2ccccc2)cc1. The summed E-state index contributed by atoms with van der Waals surface area (Å²) in [5.41, 5.74) is 4.04. The van der Waals surface area contributed by atoms with Gasteiger partial charge >= 0.3 is 0 Å². The molecular weight excluding hydrogens is 346 g/mol. The van der Waals surface area contributed by atoms with Crippen molar-refractivity contribution in [1.29, 1.82) is 0 Å². The maximum absolute atomic E-state index is 4.94. The monoisotopic (exact) mass is 365 g/mol. The van der Waals surface area contributed by atoms with Gasteiger partial charge in [0.05, 0.1) is 17.4 Å². The highest BCUT2D eigenvalue weighted by atomic mass is 15.4. The minimum absolute atomic E-state index is 0.195. The highest BCUT2D eigenvalue weighted by Gasteiger charge is 2.26. The Balaban J connectivity index is 1.60. The number of anilines is 2. The molecule has 0 saturated carbocycles. The summed E-state index contributed by atoms with van der Waals surface area (Å²) in [7, 11) is 0. The van der Waals surface area contributed by atoms with Gasteiger partial charge in [-0.1, -0.05) is 66.7 Å². The van der Waals surface area contributed by atoms with E-state index in [0.717, 1.165) is 34.2 Å². The second kappa shape index (κ2) is 7.04. The molecule has 0 aliphatic carbocycles. The summed E-state index contributed by atoms with van der Waals surface area (Å²) in [6.07, 6.45) is 1.66. The molecule has 0 bridgehead atoms. The largest absolute Gasteiger partial charge is 0.344 e. The molecule has 28 heavy (non-hydrogen) atoms. The maximum atomic E-state index is 4.94. The molecule has 2 N–H and O–H groups in total. The first-order chi connectivity index (χ1) is 13.9. The zero-order chi connectivity index (χ0) is 18.8. The molecule has 136 valence electrons. The van der Waals surface area contributed by atoms with E-state index in [1.165, 1.54) is 0 Å². The van der Waals surface area contributed by atoms with Crippen molar-refractivity contribution in [1.82, 2.24) is 9.78 Å². The summed E-state index contributed by atoms with van der Waals surface area (Å²) < 4.78 is 1.92. The summed E-state index contributed by atoms with van der Waals surface area (Å²) in [4.78, 5) is 4.94. The molecule has 1 aliphatic heterocycles. The average Bonchev–Trinajstić information content (AvgIpc) is 3.20. The Labute approximate surface area is 163 Å². The number of rotatable bonds is 3. The van der Waals surface area contributed by atoms with E-state index in [9.17, 15) is 0 Å². The normalized spacial score (nSPS) is 15.3. The Morgan fingerprint density at radius 2 is 1.43 bits per heavy atom. The Hall–Kier alpha value is -3.86. The van der Waals surface area contributed by atoms with Crippen LogP contribution in [0.25, 0.3) is 5.69 Å². The zero-order valence-electron chi connectivity index (χ0n) is 15.2. The van der Waals surface area contributed by atoms with Crippen LogP contribution in [0.5, 0.6) is 0 Å². The van der Waals surface area contributed by atoms with Crippen molar-refractivity contribution in [2.24, 2.45) is 4.99 Å². The number of fused-ring (bicyclic) bond motifs is 1. The molecule has 1 atom stereocenters. The van der Waals surface area contributed by atoms with Gasteiger partial charge in [-0.15, -0.1) is 0 Å². The fourth-order valence-electron chi connectivity index (χ4n) is 3.34. The van der Waals surface area contributed by atoms with Crippen LogP contribution in [-0.2, 0) is 0 Å². The number of nitrogens with zero attached hydrogens (tertiary/aromatic N) is 3. The van der Waals surface area contributed by atoms with Crippen molar-refractivity contribution in [2.45, 2.75) is 6.17 Å². The van der Waals surface area contributed by atoms with Crippen molar-refractivity contribution in [2.75, 3.05) is 10.6 Å². The number of hydrogen-bond donors (Lipinski definition) is 2. The minimum atomic E-state index is -0.195. The second-order valence-electron chi connectivity index (χ2n) is 6.58. The van der Waals surface area contributed by atoms with Gasteiger partial charge < -0.3 is 10.6 Å². The van der Waals surface area contributed by atoms with Crippen LogP contribution in [0.15, 0.2) is 102 Å². The lowest BCUT2D eigenvalue weighted by Gasteiger charge is -2.25. The number of para-hydroxylation sites is 2. The molecule has 0 saturated heterocycles. The molecule has 0 radical (unpaired) electrons. The highest BCUT2D eigenvalue weighted by Crippen LogP contribution is 2.31. The van der Waals surface area contributed by atoms with Gasteiger partial charge in [0.15, 0.2) is 0 Å². The molecule has 1 aliphatic rings. The average molecular weight is 365 g/mol. The molecule has 0 fully saturated rings. The van der Waals surface area contributed by atoms with E-state index in [1.54, 1.807) is 0 Å². The van der Waals surface area contributed by atoms with Gasteiger partial charge in [0.25, 0.3) is 0 Å². The highest BCUT2D eigenvalue weighted by molar-refractivity contribution is 6.12. The summed E-state index contributed by atoms with van der Waals surface area (Å²) >= 11 is 0. The number of aliphatic imine (C=N–C) groups is 1. The fraction of sp³-hybridized carbons (Fsp3) is 0.0435. The van der Waals surface area contributed by atoms with Crippen LogP contribution in [0.2, 0.25) is 0 Å². The Bertz CT molecular complexity index is 1100. The molecule has 0 spiro atoms. The van der Waals surface area contributed by atoms with E-state index in [4.69, 9.17) is 4.99 Å². The van der Waals surface area contributed by atoms with E-state index in [2.05, 4.69) is 27.9 Å². The van der Waals surface area contributed by atoms with Crippen LogP contribution in [0.3, 0.4) is 0 Å². The van der Waals surface area contributed by atoms with Crippen LogP contribution in [-0.4, -0.2) is 15.6 Å². The van der Waals surface area contributed by atoms with Crippen LogP contribution < -0.4 is 10.6 Å². The van der Waals surface area contributed by atoms with Crippen LogP contribution >= 0.6 is 0 Å². The van der Waals surface area contributed by atoms with Crippen molar-refractivity contribution >= 4 is 17.3 Å². The van der Waals surface area contributed by atoms with Crippen LogP contribution in [0.4, 0.5) is 11.5 Å². The first-order valence-corrected chi connectivity index (χ1v) is 9.24. The van der Waals surface area contributed by atoms with Gasteiger partial charge in [0.1, 0.15) is 17.8 Å². The zero-order valence-corrected chi connectivity index (χ0v) is 15.2. The van der Waals surface area contributed by atoms with Gasteiger partial charge in [-0.3, -0.25) is 0 Å². The van der Waals surface area contributed by atoms with E-state index >= 15 is 0 Å². The summed E-state index contributed by atoms with van der Waals surface area (Å²) in [6.45, 7) is 0. The molecule has 1 aromatic heterocycles. The van der Waals surface area contributed by atoms with Gasteiger partial charge in [-0.05, 0) is 29.8 Å². The third kappa shape index (κ3) is 3.03. The summed E-state index contributed by atoms with van der Waals surface area (Å²) in [5.74, 6) is 1.73. The quantitative estimate of drug-likeness (QED) is 0.545. The first kappa shape index (κ1) is 16.3. The molecule has 2 heterocycles. The molecular formula is C23H19N5. The van der Waals surface area contributed by atoms with Crippen molar-refractivity contribution in [3.8, 4) is 5.69 Å². The van der Waals surface area contributed by atoms with Crippen molar-refractivity contribution in [3.63, 3.8) is 0 Å². The molecule has 4 aromatic rings. The van der Waals surface area contributed by atoms with Crippen molar-refractivity contribution in [3.05, 3.63) is 108 Å². The van der Waals surface area contributed by atoms with Crippen LogP contribution in [0, 0.1) is 0 Å². The van der Waals surface area contributed by atoms with Gasteiger partial charge in [-0.2, -0.15) is 5.10 Å². The number of benzene rings is 3. The van der Waals surface area contributed by atoms with E-state index < -0.39 is 0 Å². The Morgan fingerprint density at radius 1 is 0.786 bits per heavy atom. The third-order valence-corrected chi connectivity index (χ3v) is 4.71. The second-order valence-corrected chi connectivity index (χ2v) is 6.58. The Kier molecular flexibility index (Phi) is 4.10. The lowest BCUT2D eigenvalue weighted by atomic mass is 10.1. The Morgan fingerprint density at radius 3 is 2.14 bits per heavy atom. The lowest BCUT2D eigenvalue weighted by Crippen LogP contribution is -2.25. The standard InChI is InChI=1S/C23H19N5/c1-4-10-17(11-5-1)21-26-22(25-18-12-6-2-7-13-18)20-16-24-28(23(20)27-21)19-14-8-3-9-15-19/h1-16,21,27H,(H,25,26). The topological polar surface area (TPSA) is 54.2 Å². The lowest BCUT2D eigenvalue weighted by molar-refractivity contribution is 0.791. The smallest absolute Gasteiger partial charge is 0.148 e. The maximum Gasteiger partial charge on any atom is 0.148 e. The molecule has 3 aromatic carbocycles. The van der Waals surface area contributed by atoms with E-state index in [0.29, 0.717) is 0 Å².